The maximum atomic E-state index is 12.7. The highest BCUT2D eigenvalue weighted by molar-refractivity contribution is 5.88. The molecular formula is C22H31NO5. The molecule has 0 aliphatic heterocycles. The van der Waals surface area contributed by atoms with Crippen LogP contribution in [0.15, 0.2) is 42.5 Å². The fourth-order valence-electron chi connectivity index (χ4n) is 2.74. The smallest absolute Gasteiger partial charge is 0.408 e. The molecule has 0 aliphatic rings. The van der Waals surface area contributed by atoms with E-state index >= 15 is 0 Å². The zero-order valence-electron chi connectivity index (χ0n) is 17.1. The van der Waals surface area contributed by atoms with E-state index in [-0.39, 0.29) is 18.1 Å². The van der Waals surface area contributed by atoms with E-state index in [0.717, 1.165) is 18.1 Å². The van der Waals surface area contributed by atoms with Crippen LogP contribution in [0.2, 0.25) is 0 Å². The SMILES string of the molecule is CC[C@H](NC(=O)OC(C)(C)C)C(=O)C[C@H](/C=C/C(=O)O)CCc1ccccc1. The Balaban J connectivity index is 2.73. The number of alkyl carbamates (subject to hydrolysis) is 1. The Bertz CT molecular complexity index is 676. The van der Waals surface area contributed by atoms with Gasteiger partial charge in [-0.05, 0) is 51.5 Å². The molecule has 2 N–H and O–H groups in total. The molecule has 0 spiro atoms. The van der Waals surface area contributed by atoms with Crippen molar-refractivity contribution in [1.82, 2.24) is 5.32 Å². The molecule has 0 unspecified atom stereocenters. The van der Waals surface area contributed by atoms with E-state index in [1.54, 1.807) is 26.8 Å². The van der Waals surface area contributed by atoms with Crippen LogP contribution in [0, 0.1) is 5.92 Å². The summed E-state index contributed by atoms with van der Waals surface area (Å²) in [5.41, 5.74) is 0.482. The standard InChI is InChI=1S/C22H31NO5/c1-5-18(23-21(27)28-22(2,3)4)19(24)15-17(13-14-20(25)26)12-11-16-9-7-6-8-10-16/h6-10,13-14,17-18H,5,11-12,15H2,1-4H3,(H,23,27)(H,25,26)/b14-13+/t17-,18-/m0/s1. The van der Waals surface area contributed by atoms with Crippen LogP contribution in [0.25, 0.3) is 0 Å². The normalized spacial score (nSPS) is 13.7. The van der Waals surface area contributed by atoms with Crippen LogP contribution in [0.4, 0.5) is 4.79 Å². The zero-order valence-corrected chi connectivity index (χ0v) is 17.1. The van der Waals surface area contributed by atoms with Crippen LogP contribution >= 0.6 is 0 Å². The fourth-order valence-corrected chi connectivity index (χ4v) is 2.74. The highest BCUT2D eigenvalue weighted by Gasteiger charge is 2.24. The first-order valence-corrected chi connectivity index (χ1v) is 9.58. The lowest BCUT2D eigenvalue weighted by molar-refractivity contribution is -0.131. The van der Waals surface area contributed by atoms with E-state index < -0.39 is 23.7 Å². The molecule has 6 heteroatoms. The van der Waals surface area contributed by atoms with Gasteiger partial charge in [-0.15, -0.1) is 0 Å². The van der Waals surface area contributed by atoms with E-state index in [1.807, 2.05) is 37.3 Å². The lowest BCUT2D eigenvalue weighted by atomic mass is 9.91. The van der Waals surface area contributed by atoms with Crippen molar-refractivity contribution in [3.05, 3.63) is 48.0 Å². The molecule has 0 aromatic heterocycles. The average molecular weight is 389 g/mol. The minimum absolute atomic E-state index is 0.138. The molecule has 0 heterocycles. The van der Waals surface area contributed by atoms with Crippen molar-refractivity contribution >= 4 is 17.8 Å². The summed E-state index contributed by atoms with van der Waals surface area (Å²) in [4.78, 5) is 35.5. The predicted molar refractivity (Wildman–Crippen MR) is 108 cm³/mol. The van der Waals surface area contributed by atoms with Gasteiger partial charge in [-0.2, -0.15) is 0 Å². The third kappa shape index (κ3) is 9.90. The van der Waals surface area contributed by atoms with Gasteiger partial charge in [0.15, 0.2) is 5.78 Å². The maximum absolute atomic E-state index is 12.7. The highest BCUT2D eigenvalue weighted by atomic mass is 16.6. The van der Waals surface area contributed by atoms with Crippen LogP contribution in [0.3, 0.4) is 0 Å². The Morgan fingerprint density at radius 1 is 1.18 bits per heavy atom. The highest BCUT2D eigenvalue weighted by Crippen LogP contribution is 2.17. The second kappa shape index (κ2) is 11.3. The minimum Gasteiger partial charge on any atom is -0.478 e. The molecular weight excluding hydrogens is 358 g/mol. The number of carboxylic acid groups (broad SMARTS) is 1. The van der Waals surface area contributed by atoms with Crippen LogP contribution in [-0.2, 0) is 20.7 Å². The molecule has 2 atom stereocenters. The number of Topliss-reactive ketones (excluding diaryl/α,β-unsaturated/α-hetero) is 1. The number of hydrogen-bond donors (Lipinski definition) is 2. The summed E-state index contributed by atoms with van der Waals surface area (Å²) in [6.45, 7) is 7.08. The van der Waals surface area contributed by atoms with Gasteiger partial charge < -0.3 is 15.2 Å². The molecule has 1 aromatic carbocycles. The van der Waals surface area contributed by atoms with Crippen LogP contribution in [0.5, 0.6) is 0 Å². The Morgan fingerprint density at radius 3 is 2.36 bits per heavy atom. The van der Waals surface area contributed by atoms with Crippen LogP contribution in [-0.4, -0.2) is 34.6 Å². The molecule has 0 aliphatic carbocycles. The number of ether oxygens (including phenoxy) is 1. The molecule has 6 nitrogen and oxygen atoms in total. The molecule has 0 bridgehead atoms. The van der Waals surface area contributed by atoms with E-state index in [2.05, 4.69) is 5.32 Å². The molecule has 0 fully saturated rings. The van der Waals surface area contributed by atoms with Gasteiger partial charge in [0.1, 0.15) is 5.60 Å². The quantitative estimate of drug-likeness (QED) is 0.587. The van der Waals surface area contributed by atoms with Gasteiger partial charge in [-0.3, -0.25) is 4.79 Å². The van der Waals surface area contributed by atoms with Gasteiger partial charge >= 0.3 is 12.1 Å². The van der Waals surface area contributed by atoms with Crippen molar-refractivity contribution in [3.63, 3.8) is 0 Å². The van der Waals surface area contributed by atoms with Gasteiger partial charge in [0.25, 0.3) is 0 Å². The Hall–Kier alpha value is -2.63. The second-order valence-electron chi connectivity index (χ2n) is 7.76. The second-order valence-corrected chi connectivity index (χ2v) is 7.76. The lowest BCUT2D eigenvalue weighted by Crippen LogP contribution is -2.43. The molecule has 1 rings (SSSR count). The number of ketones is 1. The topological polar surface area (TPSA) is 92.7 Å². The van der Waals surface area contributed by atoms with Gasteiger partial charge in [0, 0.05) is 12.5 Å². The Morgan fingerprint density at radius 2 is 1.82 bits per heavy atom. The molecule has 0 radical (unpaired) electrons. The van der Waals surface area contributed by atoms with Crippen molar-refractivity contribution in [3.8, 4) is 0 Å². The summed E-state index contributed by atoms with van der Waals surface area (Å²) in [6.07, 6.45) is 3.97. The number of hydrogen-bond acceptors (Lipinski definition) is 4. The monoisotopic (exact) mass is 389 g/mol. The average Bonchev–Trinajstić information content (AvgIpc) is 2.61. The van der Waals surface area contributed by atoms with Gasteiger partial charge in [-0.25, -0.2) is 9.59 Å². The summed E-state index contributed by atoms with van der Waals surface area (Å²) >= 11 is 0. The van der Waals surface area contributed by atoms with Crippen molar-refractivity contribution in [1.29, 1.82) is 0 Å². The largest absolute Gasteiger partial charge is 0.478 e. The fraction of sp³-hybridized carbons (Fsp3) is 0.500. The van der Waals surface area contributed by atoms with E-state index in [1.165, 1.54) is 0 Å². The number of carboxylic acids is 1. The number of aliphatic carboxylic acids is 1. The van der Waals surface area contributed by atoms with Crippen LogP contribution in [0.1, 0.15) is 52.5 Å². The number of aryl methyl sites for hydroxylation is 1. The van der Waals surface area contributed by atoms with Crippen molar-refractivity contribution in [2.45, 2.75) is 65.0 Å². The Labute approximate surface area is 167 Å². The number of amides is 1. The van der Waals surface area contributed by atoms with Crippen LogP contribution < -0.4 is 5.32 Å². The number of allylic oxidation sites excluding steroid dienone is 1. The number of nitrogens with one attached hydrogen (secondary N) is 1. The number of benzene rings is 1. The van der Waals surface area contributed by atoms with E-state index in [4.69, 9.17) is 9.84 Å². The molecule has 1 aromatic rings. The summed E-state index contributed by atoms with van der Waals surface area (Å²) in [7, 11) is 0. The van der Waals surface area contributed by atoms with Gasteiger partial charge in [0.05, 0.1) is 6.04 Å². The summed E-state index contributed by atoms with van der Waals surface area (Å²) < 4.78 is 5.22. The van der Waals surface area contributed by atoms with Crippen molar-refractivity contribution < 1.29 is 24.2 Å². The molecule has 0 saturated heterocycles. The van der Waals surface area contributed by atoms with E-state index in [9.17, 15) is 14.4 Å². The number of carbonyl (C=O) groups is 3. The predicted octanol–water partition coefficient (Wildman–Crippen LogP) is 4.14. The minimum atomic E-state index is -1.05. The van der Waals surface area contributed by atoms with Crippen molar-refractivity contribution in [2.75, 3.05) is 0 Å². The summed E-state index contributed by atoms with van der Waals surface area (Å²) in [5.74, 6) is -1.41. The third-order valence-corrected chi connectivity index (χ3v) is 4.11. The number of rotatable bonds is 10. The maximum Gasteiger partial charge on any atom is 0.408 e. The summed E-state index contributed by atoms with van der Waals surface area (Å²) in [5, 5.41) is 11.5. The molecule has 154 valence electrons. The molecule has 1 amide bonds. The zero-order chi connectivity index (χ0) is 21.2. The van der Waals surface area contributed by atoms with E-state index in [0.29, 0.717) is 12.8 Å². The first-order valence-electron chi connectivity index (χ1n) is 9.58. The summed E-state index contributed by atoms with van der Waals surface area (Å²) in [6, 6.07) is 9.16. The number of carbonyl (C=O) groups excluding carboxylic acids is 2. The lowest BCUT2D eigenvalue weighted by Gasteiger charge is -2.23. The first-order chi connectivity index (χ1) is 13.1. The molecule has 28 heavy (non-hydrogen) atoms. The van der Waals surface area contributed by atoms with Gasteiger partial charge in [0.2, 0.25) is 0 Å². The molecule has 0 saturated carbocycles. The van der Waals surface area contributed by atoms with Gasteiger partial charge in [-0.1, -0.05) is 43.3 Å². The Kier molecular flexibility index (Phi) is 9.42. The third-order valence-electron chi connectivity index (χ3n) is 4.11. The van der Waals surface area contributed by atoms with Crippen molar-refractivity contribution in [2.24, 2.45) is 5.92 Å². The first kappa shape index (κ1) is 23.4.